The van der Waals surface area contributed by atoms with E-state index >= 15 is 0 Å². The fraction of sp³-hybridized carbons (Fsp3) is 0.571. The number of methoxy groups -OCH3 is 1. The predicted octanol–water partition coefficient (Wildman–Crippen LogP) is 2.39. The first-order valence-corrected chi connectivity index (χ1v) is 5.81. The van der Waals surface area contributed by atoms with Gasteiger partial charge in [0.2, 0.25) is 0 Å². The van der Waals surface area contributed by atoms with Gasteiger partial charge >= 0.3 is 0 Å². The molecule has 1 unspecified atom stereocenters. The molecule has 0 bridgehead atoms. The predicted molar refractivity (Wildman–Crippen MR) is 69.1 cm³/mol. The lowest BCUT2D eigenvalue weighted by atomic mass is 9.94. The third kappa shape index (κ3) is 3.32. The molecule has 0 spiro atoms. The quantitative estimate of drug-likeness (QED) is 0.824. The topological polar surface area (TPSA) is 21.3 Å². The van der Waals surface area contributed by atoms with Crippen molar-refractivity contribution in [3.05, 3.63) is 34.4 Å². The molecule has 0 aliphatic heterocycles. The lowest BCUT2D eigenvalue weighted by molar-refractivity contribution is 0.169. The largest absolute Gasteiger partial charge is 0.383 e. The van der Waals surface area contributed by atoms with Crippen LogP contribution in [-0.2, 0) is 11.2 Å². The fourth-order valence-corrected chi connectivity index (χ4v) is 2.22. The molecule has 2 nitrogen and oxygen atoms in total. The molecule has 0 aromatic heterocycles. The first kappa shape index (κ1) is 13.2. The molecule has 0 heterocycles. The molecule has 2 heteroatoms. The van der Waals surface area contributed by atoms with E-state index < -0.39 is 0 Å². The molecule has 0 aliphatic rings. The van der Waals surface area contributed by atoms with Crippen LogP contribution in [0.4, 0.5) is 0 Å². The summed E-state index contributed by atoms with van der Waals surface area (Å²) < 4.78 is 5.21. The van der Waals surface area contributed by atoms with Crippen LogP contribution in [0.2, 0.25) is 0 Å². The molecular formula is C14H23NO. The zero-order valence-corrected chi connectivity index (χ0v) is 11.1. The van der Waals surface area contributed by atoms with Gasteiger partial charge < -0.3 is 10.1 Å². The van der Waals surface area contributed by atoms with Gasteiger partial charge in [0.15, 0.2) is 0 Å². The maximum atomic E-state index is 5.21. The van der Waals surface area contributed by atoms with E-state index in [9.17, 15) is 0 Å². The number of likely N-dealkylation sites (N-methyl/N-ethyl adjacent to an activating group) is 1. The van der Waals surface area contributed by atoms with Crippen molar-refractivity contribution in [2.24, 2.45) is 0 Å². The third-order valence-electron chi connectivity index (χ3n) is 3.07. The van der Waals surface area contributed by atoms with Gasteiger partial charge in [0.1, 0.15) is 0 Å². The van der Waals surface area contributed by atoms with Crippen molar-refractivity contribution in [3.63, 3.8) is 0 Å². The number of aryl methyl sites for hydroxylation is 3. The number of hydrogen-bond acceptors (Lipinski definition) is 2. The fourth-order valence-electron chi connectivity index (χ4n) is 2.22. The van der Waals surface area contributed by atoms with Crippen molar-refractivity contribution in [2.75, 3.05) is 20.8 Å². The van der Waals surface area contributed by atoms with Gasteiger partial charge in [-0.3, -0.25) is 0 Å². The van der Waals surface area contributed by atoms with Gasteiger partial charge in [0, 0.05) is 13.2 Å². The third-order valence-corrected chi connectivity index (χ3v) is 3.07. The van der Waals surface area contributed by atoms with E-state index in [2.05, 4.69) is 38.2 Å². The Hall–Kier alpha value is -0.860. The maximum absolute atomic E-state index is 5.21. The van der Waals surface area contributed by atoms with E-state index in [4.69, 9.17) is 4.74 Å². The first-order chi connectivity index (χ1) is 7.58. The number of hydrogen-bond donors (Lipinski definition) is 1. The first-order valence-electron chi connectivity index (χ1n) is 5.81. The van der Waals surface area contributed by atoms with Crippen molar-refractivity contribution in [1.82, 2.24) is 5.32 Å². The number of nitrogens with one attached hydrogen (secondary N) is 1. The Morgan fingerprint density at radius 2 is 1.75 bits per heavy atom. The maximum Gasteiger partial charge on any atom is 0.0618 e. The van der Waals surface area contributed by atoms with Crippen molar-refractivity contribution < 1.29 is 4.74 Å². The summed E-state index contributed by atoms with van der Waals surface area (Å²) in [6.07, 6.45) is 1.03. The van der Waals surface area contributed by atoms with Gasteiger partial charge in [-0.15, -0.1) is 0 Å². The summed E-state index contributed by atoms with van der Waals surface area (Å²) in [4.78, 5) is 0. The zero-order valence-electron chi connectivity index (χ0n) is 11.1. The molecule has 0 saturated carbocycles. The lowest BCUT2D eigenvalue weighted by Gasteiger charge is -2.18. The van der Waals surface area contributed by atoms with Crippen LogP contribution in [0.25, 0.3) is 0 Å². The molecule has 1 aromatic carbocycles. The smallest absolute Gasteiger partial charge is 0.0618 e. The van der Waals surface area contributed by atoms with Crippen LogP contribution >= 0.6 is 0 Å². The second kappa shape index (κ2) is 6.02. The Morgan fingerprint density at radius 3 is 2.19 bits per heavy atom. The van der Waals surface area contributed by atoms with Gasteiger partial charge in [0.05, 0.1) is 6.61 Å². The Bertz CT molecular complexity index is 324. The summed E-state index contributed by atoms with van der Waals surface area (Å²) in [5.41, 5.74) is 5.55. The molecule has 0 saturated heterocycles. The summed E-state index contributed by atoms with van der Waals surface area (Å²) in [7, 11) is 3.74. The Kier molecular flexibility index (Phi) is 4.97. The molecule has 90 valence electrons. The molecular weight excluding hydrogens is 198 g/mol. The highest BCUT2D eigenvalue weighted by molar-refractivity contribution is 5.38. The molecule has 0 radical (unpaired) electrons. The van der Waals surface area contributed by atoms with Gasteiger partial charge in [-0.25, -0.2) is 0 Å². The molecule has 1 atom stereocenters. The standard InChI is InChI=1S/C14H23NO/c1-10-6-11(2)14(12(3)7-10)8-13(15-4)9-16-5/h6-7,13,15H,8-9H2,1-5H3. The van der Waals surface area contributed by atoms with Crippen LogP contribution in [0, 0.1) is 20.8 Å². The van der Waals surface area contributed by atoms with Gasteiger partial charge in [0.25, 0.3) is 0 Å². The van der Waals surface area contributed by atoms with Gasteiger partial charge in [-0.05, 0) is 50.9 Å². The highest BCUT2D eigenvalue weighted by Crippen LogP contribution is 2.18. The number of rotatable bonds is 5. The Labute approximate surface area is 99.0 Å². The minimum atomic E-state index is 0.394. The molecule has 1 aromatic rings. The summed E-state index contributed by atoms with van der Waals surface area (Å²) in [6.45, 7) is 7.28. The molecule has 16 heavy (non-hydrogen) atoms. The molecule has 1 rings (SSSR count). The van der Waals surface area contributed by atoms with Gasteiger partial charge in [-0.2, -0.15) is 0 Å². The molecule has 0 fully saturated rings. The highest BCUT2D eigenvalue weighted by atomic mass is 16.5. The van der Waals surface area contributed by atoms with E-state index in [1.807, 2.05) is 7.05 Å². The molecule has 0 aliphatic carbocycles. The van der Waals surface area contributed by atoms with Crippen molar-refractivity contribution in [3.8, 4) is 0 Å². The lowest BCUT2D eigenvalue weighted by Crippen LogP contribution is -2.32. The number of benzene rings is 1. The van der Waals surface area contributed by atoms with Gasteiger partial charge in [-0.1, -0.05) is 17.7 Å². The zero-order chi connectivity index (χ0) is 12.1. The van der Waals surface area contributed by atoms with E-state index in [0.717, 1.165) is 13.0 Å². The second-order valence-electron chi connectivity index (χ2n) is 4.52. The van der Waals surface area contributed by atoms with E-state index in [1.165, 1.54) is 22.3 Å². The molecule has 0 amide bonds. The van der Waals surface area contributed by atoms with Crippen LogP contribution < -0.4 is 5.32 Å². The summed E-state index contributed by atoms with van der Waals surface area (Å²) in [6, 6.07) is 4.90. The minimum absolute atomic E-state index is 0.394. The van der Waals surface area contributed by atoms with Crippen LogP contribution in [0.15, 0.2) is 12.1 Å². The average Bonchev–Trinajstić information content (AvgIpc) is 2.21. The van der Waals surface area contributed by atoms with Crippen molar-refractivity contribution in [1.29, 1.82) is 0 Å². The SMILES string of the molecule is CNC(COC)Cc1c(C)cc(C)cc1C. The summed E-state index contributed by atoms with van der Waals surface area (Å²) in [5.74, 6) is 0. The van der Waals surface area contributed by atoms with Crippen LogP contribution in [-0.4, -0.2) is 26.8 Å². The number of ether oxygens (including phenoxy) is 1. The van der Waals surface area contributed by atoms with Crippen LogP contribution in [0.1, 0.15) is 22.3 Å². The Morgan fingerprint density at radius 1 is 1.19 bits per heavy atom. The minimum Gasteiger partial charge on any atom is -0.383 e. The van der Waals surface area contributed by atoms with Crippen LogP contribution in [0.3, 0.4) is 0 Å². The van der Waals surface area contributed by atoms with E-state index in [0.29, 0.717) is 6.04 Å². The summed E-state index contributed by atoms with van der Waals surface area (Å²) in [5, 5.41) is 3.30. The van der Waals surface area contributed by atoms with E-state index in [-0.39, 0.29) is 0 Å². The average molecular weight is 221 g/mol. The monoisotopic (exact) mass is 221 g/mol. The van der Waals surface area contributed by atoms with Crippen molar-refractivity contribution in [2.45, 2.75) is 33.2 Å². The normalized spacial score (nSPS) is 12.8. The second-order valence-corrected chi connectivity index (χ2v) is 4.52. The highest BCUT2D eigenvalue weighted by Gasteiger charge is 2.11. The molecule has 1 N–H and O–H groups in total. The van der Waals surface area contributed by atoms with Crippen LogP contribution in [0.5, 0.6) is 0 Å². The Balaban J connectivity index is 2.87. The summed E-state index contributed by atoms with van der Waals surface area (Å²) >= 11 is 0. The van der Waals surface area contributed by atoms with E-state index in [1.54, 1.807) is 7.11 Å². The van der Waals surface area contributed by atoms with Crippen molar-refractivity contribution >= 4 is 0 Å².